The third-order valence-corrected chi connectivity index (χ3v) is 4.52. The largest absolute Gasteiger partial charge is 0.493 e. The Bertz CT molecular complexity index is 910. The Morgan fingerprint density at radius 2 is 1.69 bits per heavy atom. The second-order valence-electron chi connectivity index (χ2n) is 8.20. The lowest BCUT2D eigenvalue weighted by Gasteiger charge is -2.20. The van der Waals surface area contributed by atoms with E-state index in [4.69, 9.17) is 9.47 Å². The van der Waals surface area contributed by atoms with E-state index in [1.54, 1.807) is 21.3 Å². The molecule has 0 bridgehead atoms. The summed E-state index contributed by atoms with van der Waals surface area (Å²) in [6, 6.07) is 13.5. The summed E-state index contributed by atoms with van der Waals surface area (Å²) in [6.45, 7) is 7.17. The highest BCUT2D eigenvalue weighted by Crippen LogP contribution is 2.27. The lowest BCUT2D eigenvalue weighted by Crippen LogP contribution is -2.40. The van der Waals surface area contributed by atoms with Crippen LogP contribution < -0.4 is 25.4 Å². The van der Waals surface area contributed by atoms with Crippen LogP contribution in [0.3, 0.4) is 0 Å². The number of hydrogen-bond acceptors (Lipinski definition) is 4. The Morgan fingerprint density at radius 1 is 0.969 bits per heavy atom. The minimum absolute atomic E-state index is 0. The lowest BCUT2D eigenvalue weighted by molar-refractivity contribution is 0.0919. The molecule has 2 aromatic rings. The number of guanidine groups is 1. The molecule has 0 unspecified atom stereocenters. The van der Waals surface area contributed by atoms with Crippen molar-refractivity contribution in [3.8, 4) is 11.5 Å². The van der Waals surface area contributed by atoms with E-state index in [0.717, 1.165) is 29.0 Å². The van der Waals surface area contributed by atoms with Crippen LogP contribution in [-0.2, 0) is 13.0 Å². The molecule has 1 amide bonds. The SMILES string of the molecule is CN=C(NCCc1ccc(OC)c(OC)c1)NCc1cccc(C(=O)NC(C)(C)C)c1.I. The second kappa shape index (κ2) is 13.1. The maximum Gasteiger partial charge on any atom is 0.251 e. The number of carbonyl (C=O) groups is 1. The van der Waals surface area contributed by atoms with Crippen molar-refractivity contribution in [1.82, 2.24) is 16.0 Å². The van der Waals surface area contributed by atoms with Crippen molar-refractivity contribution in [1.29, 1.82) is 0 Å². The summed E-state index contributed by atoms with van der Waals surface area (Å²) in [5.41, 5.74) is 2.51. The monoisotopic (exact) mass is 554 g/mol. The Morgan fingerprint density at radius 3 is 2.31 bits per heavy atom. The van der Waals surface area contributed by atoms with Gasteiger partial charge in [0.2, 0.25) is 0 Å². The van der Waals surface area contributed by atoms with Crippen LogP contribution >= 0.6 is 24.0 Å². The van der Waals surface area contributed by atoms with E-state index in [1.807, 2.05) is 63.2 Å². The topological polar surface area (TPSA) is 84.0 Å². The number of aliphatic imine (C=N–C) groups is 1. The molecule has 0 atom stereocenters. The normalized spacial score (nSPS) is 11.2. The number of rotatable bonds is 8. The zero-order valence-electron chi connectivity index (χ0n) is 19.7. The summed E-state index contributed by atoms with van der Waals surface area (Å²) in [5, 5.41) is 9.59. The van der Waals surface area contributed by atoms with Crippen LogP contribution in [-0.4, -0.2) is 45.2 Å². The molecule has 0 aromatic heterocycles. The summed E-state index contributed by atoms with van der Waals surface area (Å²) in [7, 11) is 4.99. The first-order chi connectivity index (χ1) is 14.8. The standard InChI is InChI=1S/C24H34N4O3.HI/c1-24(2,3)28-22(29)19-9-7-8-18(14-19)16-27-23(25-4)26-13-12-17-10-11-20(30-5)21(15-17)31-6;/h7-11,14-15H,12-13,16H2,1-6H3,(H,28,29)(H2,25,26,27);1H. The van der Waals surface area contributed by atoms with Gasteiger partial charge in [0.05, 0.1) is 14.2 Å². The van der Waals surface area contributed by atoms with Crippen LogP contribution in [0.4, 0.5) is 0 Å². The third kappa shape index (κ3) is 8.94. The van der Waals surface area contributed by atoms with Gasteiger partial charge in [-0.25, -0.2) is 0 Å². The van der Waals surface area contributed by atoms with Gasteiger partial charge in [0.15, 0.2) is 17.5 Å². The average Bonchev–Trinajstić information content (AvgIpc) is 2.74. The number of amides is 1. The van der Waals surface area contributed by atoms with E-state index < -0.39 is 0 Å². The zero-order valence-corrected chi connectivity index (χ0v) is 22.1. The predicted octanol–water partition coefficient (Wildman–Crippen LogP) is 3.76. The molecule has 0 aliphatic heterocycles. The molecule has 0 aliphatic carbocycles. The summed E-state index contributed by atoms with van der Waals surface area (Å²) in [6.07, 6.45) is 0.809. The van der Waals surface area contributed by atoms with Crippen LogP contribution in [0.15, 0.2) is 47.5 Å². The van der Waals surface area contributed by atoms with Gasteiger partial charge in [-0.1, -0.05) is 18.2 Å². The molecule has 0 spiro atoms. The molecule has 0 saturated carbocycles. The molecule has 3 N–H and O–H groups in total. The van der Waals surface area contributed by atoms with E-state index in [0.29, 0.717) is 24.6 Å². The van der Waals surface area contributed by atoms with Gasteiger partial charge < -0.3 is 25.4 Å². The average molecular weight is 554 g/mol. The summed E-state index contributed by atoms with van der Waals surface area (Å²) in [5.74, 6) is 2.06. The highest BCUT2D eigenvalue weighted by atomic mass is 127. The molecule has 176 valence electrons. The minimum atomic E-state index is -0.273. The van der Waals surface area contributed by atoms with Crippen molar-refractivity contribution in [2.75, 3.05) is 27.8 Å². The smallest absolute Gasteiger partial charge is 0.251 e. The maximum absolute atomic E-state index is 12.4. The second-order valence-corrected chi connectivity index (χ2v) is 8.20. The fraction of sp³-hybridized carbons (Fsp3) is 0.417. The number of nitrogens with one attached hydrogen (secondary N) is 3. The molecule has 7 nitrogen and oxygen atoms in total. The quantitative estimate of drug-likeness (QED) is 0.263. The number of benzene rings is 2. The number of ether oxygens (including phenoxy) is 2. The van der Waals surface area contributed by atoms with Crippen molar-refractivity contribution in [2.24, 2.45) is 4.99 Å². The molecular weight excluding hydrogens is 519 g/mol. The molecular formula is C24H35IN4O3. The summed E-state index contributed by atoms with van der Waals surface area (Å²) in [4.78, 5) is 16.7. The molecule has 0 saturated heterocycles. The Hall–Kier alpha value is -2.49. The van der Waals surface area contributed by atoms with E-state index in [9.17, 15) is 4.79 Å². The molecule has 0 aliphatic rings. The van der Waals surface area contributed by atoms with Gasteiger partial charge >= 0.3 is 0 Å². The van der Waals surface area contributed by atoms with Crippen molar-refractivity contribution < 1.29 is 14.3 Å². The fourth-order valence-electron chi connectivity index (χ4n) is 3.00. The number of halogens is 1. The maximum atomic E-state index is 12.4. The number of nitrogens with zero attached hydrogens (tertiary/aromatic N) is 1. The third-order valence-electron chi connectivity index (χ3n) is 4.52. The van der Waals surface area contributed by atoms with Crippen molar-refractivity contribution in [3.05, 3.63) is 59.2 Å². The van der Waals surface area contributed by atoms with Gasteiger partial charge in [-0.05, 0) is 62.6 Å². The van der Waals surface area contributed by atoms with Crippen LogP contribution in [0.2, 0.25) is 0 Å². The molecule has 0 radical (unpaired) electrons. The highest BCUT2D eigenvalue weighted by Gasteiger charge is 2.15. The fourth-order valence-corrected chi connectivity index (χ4v) is 3.00. The molecule has 32 heavy (non-hydrogen) atoms. The predicted molar refractivity (Wildman–Crippen MR) is 141 cm³/mol. The van der Waals surface area contributed by atoms with Crippen molar-refractivity contribution in [2.45, 2.75) is 39.3 Å². The minimum Gasteiger partial charge on any atom is -0.493 e. The van der Waals surface area contributed by atoms with E-state index >= 15 is 0 Å². The van der Waals surface area contributed by atoms with Crippen LogP contribution in [0, 0.1) is 0 Å². The number of methoxy groups -OCH3 is 2. The van der Waals surface area contributed by atoms with Gasteiger partial charge in [-0.2, -0.15) is 0 Å². The zero-order chi connectivity index (χ0) is 22.9. The Labute approximate surface area is 208 Å². The van der Waals surface area contributed by atoms with E-state index in [2.05, 4.69) is 20.9 Å². The van der Waals surface area contributed by atoms with Gasteiger partial charge in [0.25, 0.3) is 5.91 Å². The first-order valence-corrected chi connectivity index (χ1v) is 10.3. The Kier molecular flexibility index (Phi) is 11.3. The van der Waals surface area contributed by atoms with Crippen molar-refractivity contribution in [3.63, 3.8) is 0 Å². The number of carbonyl (C=O) groups excluding carboxylic acids is 1. The van der Waals surface area contributed by atoms with Gasteiger partial charge in [-0.15, -0.1) is 24.0 Å². The summed E-state index contributed by atoms with van der Waals surface area (Å²) < 4.78 is 10.6. The first-order valence-electron chi connectivity index (χ1n) is 10.3. The summed E-state index contributed by atoms with van der Waals surface area (Å²) >= 11 is 0. The molecule has 8 heteroatoms. The molecule has 2 rings (SSSR count). The molecule has 2 aromatic carbocycles. The van der Waals surface area contributed by atoms with Crippen LogP contribution in [0.1, 0.15) is 42.3 Å². The van der Waals surface area contributed by atoms with Gasteiger partial charge in [0.1, 0.15) is 0 Å². The Balaban J connectivity index is 0.00000512. The number of hydrogen-bond donors (Lipinski definition) is 3. The van der Waals surface area contributed by atoms with Crippen molar-refractivity contribution >= 4 is 35.8 Å². The van der Waals surface area contributed by atoms with E-state index in [1.165, 1.54) is 0 Å². The van der Waals surface area contributed by atoms with Crippen LogP contribution in [0.25, 0.3) is 0 Å². The highest BCUT2D eigenvalue weighted by molar-refractivity contribution is 14.0. The van der Waals surface area contributed by atoms with E-state index in [-0.39, 0.29) is 35.4 Å². The lowest BCUT2D eigenvalue weighted by atomic mass is 10.1. The molecule has 0 fully saturated rings. The van der Waals surface area contributed by atoms with Crippen LogP contribution in [0.5, 0.6) is 11.5 Å². The van der Waals surface area contributed by atoms with Gasteiger partial charge in [-0.3, -0.25) is 9.79 Å². The first kappa shape index (κ1) is 27.5. The van der Waals surface area contributed by atoms with Gasteiger partial charge in [0, 0.05) is 31.2 Å². The molecule has 0 heterocycles.